The van der Waals surface area contributed by atoms with Crippen molar-refractivity contribution in [3.05, 3.63) is 12.1 Å². The fourth-order valence-electron chi connectivity index (χ4n) is 1.07. The third kappa shape index (κ3) is 2.73. The second-order valence-electron chi connectivity index (χ2n) is 3.15. The van der Waals surface area contributed by atoms with E-state index in [4.69, 9.17) is 11.5 Å². The summed E-state index contributed by atoms with van der Waals surface area (Å²) in [5, 5.41) is 5.43. The molecule has 1 rings (SSSR count). The summed E-state index contributed by atoms with van der Waals surface area (Å²) in [6.45, 7) is 1.73. The van der Waals surface area contributed by atoms with Gasteiger partial charge in [0.1, 0.15) is 17.7 Å². The molecular weight excluding hydrogens is 194 g/mol. The molecule has 1 heterocycles. The number of nitrogens with zero attached hydrogens (tertiary/aromatic N) is 1. The first-order valence-corrected chi connectivity index (χ1v) is 4.54. The van der Waals surface area contributed by atoms with Crippen LogP contribution in [0.2, 0.25) is 0 Å². The molecule has 0 radical (unpaired) electrons. The number of rotatable bonds is 3. The van der Waals surface area contributed by atoms with Crippen molar-refractivity contribution in [2.45, 2.75) is 13.0 Å². The lowest BCUT2D eigenvalue weighted by atomic mass is 10.3. The maximum Gasteiger partial charge on any atom is 0.241 e. The fourth-order valence-corrected chi connectivity index (χ4v) is 1.07. The number of pyridine rings is 1. The number of amides is 1. The number of likely N-dealkylation sites (N-methyl/N-ethyl adjacent to an activating group) is 1. The van der Waals surface area contributed by atoms with Gasteiger partial charge in [-0.2, -0.15) is 0 Å². The van der Waals surface area contributed by atoms with E-state index in [-0.39, 0.29) is 17.8 Å². The van der Waals surface area contributed by atoms with Gasteiger partial charge in [0.05, 0.1) is 5.69 Å². The predicted molar refractivity (Wildman–Crippen MR) is 60.2 cm³/mol. The Balaban J connectivity index is 2.73. The summed E-state index contributed by atoms with van der Waals surface area (Å²) in [7, 11) is 1.57. The van der Waals surface area contributed by atoms with Gasteiger partial charge in [-0.05, 0) is 19.1 Å². The van der Waals surface area contributed by atoms with Gasteiger partial charge in [-0.15, -0.1) is 0 Å². The minimum atomic E-state index is -0.370. The lowest BCUT2D eigenvalue weighted by molar-refractivity contribution is -0.121. The van der Waals surface area contributed by atoms with Crippen molar-refractivity contribution in [3.63, 3.8) is 0 Å². The lowest BCUT2D eigenvalue weighted by Crippen LogP contribution is -2.35. The molecule has 0 aliphatic rings. The molecule has 0 bridgehead atoms. The van der Waals surface area contributed by atoms with E-state index >= 15 is 0 Å². The molecule has 0 aromatic carbocycles. The Bertz CT molecular complexity index is 366. The highest BCUT2D eigenvalue weighted by Crippen LogP contribution is 2.15. The Morgan fingerprint density at radius 3 is 2.67 bits per heavy atom. The second-order valence-corrected chi connectivity index (χ2v) is 3.15. The number of nitrogens with two attached hydrogens (primary N) is 2. The normalized spacial score (nSPS) is 11.9. The Morgan fingerprint density at radius 1 is 1.47 bits per heavy atom. The summed E-state index contributed by atoms with van der Waals surface area (Å²) in [6, 6.07) is 2.94. The van der Waals surface area contributed by atoms with Crippen molar-refractivity contribution in [2.75, 3.05) is 23.8 Å². The average Bonchev–Trinajstić information content (AvgIpc) is 2.22. The molecular formula is C9H15N5O. The number of carbonyl (C=O) groups excluding carboxylic acids is 1. The van der Waals surface area contributed by atoms with E-state index in [2.05, 4.69) is 15.6 Å². The first-order valence-electron chi connectivity index (χ1n) is 4.54. The molecule has 1 atom stereocenters. The Labute approximate surface area is 88.1 Å². The summed E-state index contributed by atoms with van der Waals surface area (Å²) >= 11 is 0. The Morgan fingerprint density at radius 2 is 2.13 bits per heavy atom. The zero-order chi connectivity index (χ0) is 11.4. The third-order valence-electron chi connectivity index (χ3n) is 1.96. The highest BCUT2D eigenvalue weighted by Gasteiger charge is 2.11. The number of nitrogen functional groups attached to an aromatic ring is 2. The van der Waals surface area contributed by atoms with Crippen molar-refractivity contribution < 1.29 is 4.79 Å². The number of hydrogen-bond donors (Lipinski definition) is 4. The number of aromatic nitrogens is 1. The van der Waals surface area contributed by atoms with E-state index < -0.39 is 0 Å². The molecule has 6 nitrogen and oxygen atoms in total. The third-order valence-corrected chi connectivity index (χ3v) is 1.96. The monoisotopic (exact) mass is 209 g/mol. The molecule has 0 aliphatic heterocycles. The Kier molecular flexibility index (Phi) is 3.33. The summed E-state index contributed by atoms with van der Waals surface area (Å²) < 4.78 is 0. The van der Waals surface area contributed by atoms with E-state index in [9.17, 15) is 4.79 Å². The van der Waals surface area contributed by atoms with E-state index in [0.717, 1.165) is 0 Å². The van der Waals surface area contributed by atoms with E-state index in [0.29, 0.717) is 11.5 Å². The molecule has 0 fully saturated rings. The van der Waals surface area contributed by atoms with Crippen LogP contribution in [0.3, 0.4) is 0 Å². The summed E-state index contributed by atoms with van der Waals surface area (Å²) in [6.07, 6.45) is 0. The van der Waals surface area contributed by atoms with Crippen LogP contribution in [-0.2, 0) is 4.79 Å². The SMILES string of the molecule is CNC(=O)C(C)Nc1ccc(N)c(N)n1. The van der Waals surface area contributed by atoms with Gasteiger partial charge in [0, 0.05) is 7.05 Å². The van der Waals surface area contributed by atoms with Crippen LogP contribution >= 0.6 is 0 Å². The topological polar surface area (TPSA) is 106 Å². The van der Waals surface area contributed by atoms with Crippen LogP contribution in [-0.4, -0.2) is 24.0 Å². The average molecular weight is 209 g/mol. The van der Waals surface area contributed by atoms with Gasteiger partial charge in [0.2, 0.25) is 5.91 Å². The molecule has 1 aromatic heterocycles. The molecule has 82 valence electrons. The van der Waals surface area contributed by atoms with Crippen LogP contribution in [0.5, 0.6) is 0 Å². The molecule has 1 aromatic rings. The van der Waals surface area contributed by atoms with Gasteiger partial charge in [-0.25, -0.2) is 4.98 Å². The Hall–Kier alpha value is -1.98. The van der Waals surface area contributed by atoms with Crippen molar-refractivity contribution in [3.8, 4) is 0 Å². The number of hydrogen-bond acceptors (Lipinski definition) is 5. The highest BCUT2D eigenvalue weighted by molar-refractivity contribution is 5.83. The summed E-state index contributed by atoms with van der Waals surface area (Å²) in [5.74, 6) is 0.661. The van der Waals surface area contributed by atoms with Crippen molar-refractivity contribution in [1.82, 2.24) is 10.3 Å². The zero-order valence-electron chi connectivity index (χ0n) is 8.74. The van der Waals surface area contributed by atoms with Crippen LogP contribution in [0.15, 0.2) is 12.1 Å². The smallest absolute Gasteiger partial charge is 0.241 e. The second kappa shape index (κ2) is 4.50. The van der Waals surface area contributed by atoms with Crippen LogP contribution in [0.4, 0.5) is 17.3 Å². The van der Waals surface area contributed by atoms with Gasteiger partial charge < -0.3 is 22.1 Å². The van der Waals surface area contributed by atoms with Crippen molar-refractivity contribution >= 4 is 23.2 Å². The fraction of sp³-hybridized carbons (Fsp3) is 0.333. The molecule has 6 heteroatoms. The van der Waals surface area contributed by atoms with E-state index in [1.807, 2.05) is 0 Å². The standard InChI is InChI=1S/C9H15N5O/c1-5(9(15)12-2)13-7-4-3-6(10)8(11)14-7/h3-5H,10H2,1-2H3,(H,12,15)(H3,11,13,14). The predicted octanol–water partition coefficient (Wildman–Crippen LogP) is -0.208. The molecule has 0 saturated carbocycles. The number of carbonyl (C=O) groups is 1. The molecule has 0 spiro atoms. The quantitative estimate of drug-likeness (QED) is 0.551. The maximum absolute atomic E-state index is 11.2. The van der Waals surface area contributed by atoms with Gasteiger partial charge >= 0.3 is 0 Å². The van der Waals surface area contributed by atoms with Crippen molar-refractivity contribution in [2.24, 2.45) is 0 Å². The molecule has 0 aliphatic carbocycles. The van der Waals surface area contributed by atoms with Gasteiger partial charge in [0.25, 0.3) is 0 Å². The maximum atomic E-state index is 11.2. The van der Waals surface area contributed by atoms with Crippen molar-refractivity contribution in [1.29, 1.82) is 0 Å². The molecule has 6 N–H and O–H groups in total. The minimum absolute atomic E-state index is 0.118. The van der Waals surface area contributed by atoms with E-state index in [1.165, 1.54) is 0 Å². The first kappa shape index (κ1) is 11.1. The largest absolute Gasteiger partial charge is 0.396 e. The molecule has 0 saturated heterocycles. The first-order chi connectivity index (χ1) is 7.04. The van der Waals surface area contributed by atoms with Crippen LogP contribution < -0.4 is 22.1 Å². The molecule has 1 amide bonds. The van der Waals surface area contributed by atoms with Crippen LogP contribution in [0, 0.1) is 0 Å². The molecule has 1 unspecified atom stereocenters. The zero-order valence-corrected chi connectivity index (χ0v) is 8.74. The van der Waals surface area contributed by atoms with Crippen LogP contribution in [0.25, 0.3) is 0 Å². The highest BCUT2D eigenvalue weighted by atomic mass is 16.2. The minimum Gasteiger partial charge on any atom is -0.396 e. The number of anilines is 3. The van der Waals surface area contributed by atoms with Gasteiger partial charge in [-0.3, -0.25) is 4.79 Å². The van der Waals surface area contributed by atoms with Gasteiger partial charge in [-0.1, -0.05) is 0 Å². The molecule has 15 heavy (non-hydrogen) atoms. The summed E-state index contributed by atoms with van der Waals surface area (Å²) in [4.78, 5) is 15.2. The summed E-state index contributed by atoms with van der Waals surface area (Å²) in [5.41, 5.74) is 11.5. The number of nitrogens with one attached hydrogen (secondary N) is 2. The van der Waals surface area contributed by atoms with Crippen LogP contribution in [0.1, 0.15) is 6.92 Å². The van der Waals surface area contributed by atoms with Gasteiger partial charge in [0.15, 0.2) is 0 Å². The lowest BCUT2D eigenvalue weighted by Gasteiger charge is -2.13. The van der Waals surface area contributed by atoms with E-state index in [1.54, 1.807) is 26.1 Å².